The van der Waals surface area contributed by atoms with Crippen LogP contribution in [0.1, 0.15) is 22.3 Å². The van der Waals surface area contributed by atoms with E-state index in [9.17, 15) is 0 Å². The standard InChI is InChI=1S/C58H36N4/c1-3-16-37(17-4-1)55-59-56(38-18-5-2-6-19-38)61-57(60-55)41-20-15-21-42(34-41)62-53-29-14-10-25-47(53)48-33-31-40(36-54(48)62)39-30-32-46-45-24-9-13-28-51(45)58(52(46)35-39)49-26-11-7-22-43(49)44-23-8-12-27-50(44)58/h1-36H. The Morgan fingerprint density at radius 3 is 1.39 bits per heavy atom. The summed E-state index contributed by atoms with van der Waals surface area (Å²) in [7, 11) is 0. The molecule has 0 saturated carbocycles. The van der Waals surface area contributed by atoms with E-state index < -0.39 is 5.41 Å². The van der Waals surface area contributed by atoms with Crippen molar-refractivity contribution in [3.05, 3.63) is 241 Å². The van der Waals surface area contributed by atoms with Gasteiger partial charge in [-0.2, -0.15) is 0 Å². The Kier molecular flexibility index (Phi) is 7.49. The third kappa shape index (κ3) is 4.98. The molecular weight excluding hydrogens is 753 g/mol. The number of nitrogens with zero attached hydrogens (tertiary/aromatic N) is 4. The minimum Gasteiger partial charge on any atom is -0.309 e. The Balaban J connectivity index is 0.989. The molecule has 13 rings (SSSR count). The molecule has 2 aliphatic carbocycles. The largest absolute Gasteiger partial charge is 0.309 e. The van der Waals surface area contributed by atoms with Crippen molar-refractivity contribution in [1.82, 2.24) is 19.5 Å². The summed E-state index contributed by atoms with van der Waals surface area (Å²) in [6.07, 6.45) is 0. The number of rotatable bonds is 5. The van der Waals surface area contributed by atoms with E-state index in [1.54, 1.807) is 0 Å². The van der Waals surface area contributed by atoms with E-state index in [0.29, 0.717) is 17.5 Å². The maximum atomic E-state index is 5.07. The minimum absolute atomic E-state index is 0.398. The first-order chi connectivity index (χ1) is 30.7. The topological polar surface area (TPSA) is 43.6 Å². The monoisotopic (exact) mass is 788 g/mol. The molecule has 0 fully saturated rings. The minimum atomic E-state index is -0.398. The van der Waals surface area contributed by atoms with Gasteiger partial charge in [0.05, 0.1) is 16.4 Å². The van der Waals surface area contributed by atoms with E-state index in [1.807, 2.05) is 60.7 Å². The highest BCUT2D eigenvalue weighted by Gasteiger charge is 2.51. The van der Waals surface area contributed by atoms with Gasteiger partial charge in [-0.1, -0.05) is 188 Å². The quantitative estimate of drug-likeness (QED) is 0.174. The van der Waals surface area contributed by atoms with Gasteiger partial charge < -0.3 is 4.57 Å². The fourth-order valence-electron chi connectivity index (χ4n) is 10.4. The zero-order chi connectivity index (χ0) is 40.8. The maximum Gasteiger partial charge on any atom is 0.164 e. The first-order valence-corrected chi connectivity index (χ1v) is 21.2. The van der Waals surface area contributed by atoms with Gasteiger partial charge in [0.25, 0.3) is 0 Å². The van der Waals surface area contributed by atoms with Crippen LogP contribution in [-0.4, -0.2) is 19.5 Å². The van der Waals surface area contributed by atoms with Crippen molar-refractivity contribution in [1.29, 1.82) is 0 Å². The molecule has 288 valence electrons. The number of fused-ring (bicyclic) bond motifs is 13. The summed E-state index contributed by atoms with van der Waals surface area (Å²) in [6, 6.07) is 78.7. The molecule has 2 heterocycles. The summed E-state index contributed by atoms with van der Waals surface area (Å²) in [5.41, 5.74) is 18.7. The van der Waals surface area contributed by atoms with Crippen molar-refractivity contribution in [3.8, 4) is 73.2 Å². The van der Waals surface area contributed by atoms with Crippen molar-refractivity contribution in [2.75, 3.05) is 0 Å². The molecule has 4 nitrogen and oxygen atoms in total. The van der Waals surface area contributed by atoms with Gasteiger partial charge in [-0.15, -0.1) is 0 Å². The van der Waals surface area contributed by atoms with Crippen molar-refractivity contribution < 1.29 is 0 Å². The number of hydrogen-bond acceptors (Lipinski definition) is 3. The van der Waals surface area contributed by atoms with Gasteiger partial charge in [-0.25, -0.2) is 15.0 Å². The summed E-state index contributed by atoms with van der Waals surface area (Å²) >= 11 is 0. The molecule has 4 heteroatoms. The second-order valence-corrected chi connectivity index (χ2v) is 16.3. The predicted molar refractivity (Wildman–Crippen MR) is 252 cm³/mol. The third-order valence-corrected chi connectivity index (χ3v) is 13.1. The molecule has 0 radical (unpaired) electrons. The lowest BCUT2D eigenvalue weighted by molar-refractivity contribution is 0.794. The van der Waals surface area contributed by atoms with E-state index in [0.717, 1.165) is 33.4 Å². The molecule has 0 saturated heterocycles. The normalized spacial score (nSPS) is 13.0. The summed E-state index contributed by atoms with van der Waals surface area (Å²) in [5.74, 6) is 1.92. The molecule has 0 aliphatic heterocycles. The average molecular weight is 789 g/mol. The Morgan fingerprint density at radius 1 is 0.290 bits per heavy atom. The lowest BCUT2D eigenvalue weighted by Crippen LogP contribution is -2.25. The molecule has 9 aromatic carbocycles. The van der Waals surface area contributed by atoms with E-state index >= 15 is 0 Å². The van der Waals surface area contributed by atoms with Gasteiger partial charge in [0.15, 0.2) is 17.5 Å². The van der Waals surface area contributed by atoms with Crippen LogP contribution in [0.15, 0.2) is 218 Å². The molecular formula is C58H36N4. The number of para-hydroxylation sites is 1. The summed E-state index contributed by atoms with van der Waals surface area (Å²) in [4.78, 5) is 15.1. The third-order valence-electron chi connectivity index (χ3n) is 13.1. The fraction of sp³-hybridized carbons (Fsp3) is 0.0172. The van der Waals surface area contributed by atoms with E-state index in [2.05, 4.69) is 162 Å². The van der Waals surface area contributed by atoms with Crippen LogP contribution in [0.5, 0.6) is 0 Å². The van der Waals surface area contributed by atoms with Crippen molar-refractivity contribution in [3.63, 3.8) is 0 Å². The zero-order valence-corrected chi connectivity index (χ0v) is 33.6. The highest BCUT2D eigenvalue weighted by atomic mass is 15.0. The highest BCUT2D eigenvalue weighted by molar-refractivity contribution is 6.10. The van der Waals surface area contributed by atoms with Crippen LogP contribution in [0, 0.1) is 0 Å². The van der Waals surface area contributed by atoms with Gasteiger partial charge in [-0.05, 0) is 86.0 Å². The maximum absolute atomic E-state index is 5.07. The van der Waals surface area contributed by atoms with Crippen LogP contribution >= 0.6 is 0 Å². The molecule has 62 heavy (non-hydrogen) atoms. The Morgan fingerprint density at radius 2 is 0.758 bits per heavy atom. The molecule has 11 aromatic rings. The lowest BCUT2D eigenvalue weighted by atomic mass is 9.70. The van der Waals surface area contributed by atoms with Gasteiger partial charge in [0.2, 0.25) is 0 Å². The first-order valence-electron chi connectivity index (χ1n) is 21.2. The molecule has 0 amide bonds. The number of aromatic nitrogens is 4. The van der Waals surface area contributed by atoms with Crippen LogP contribution < -0.4 is 0 Å². The van der Waals surface area contributed by atoms with Crippen molar-refractivity contribution in [2.45, 2.75) is 5.41 Å². The van der Waals surface area contributed by atoms with E-state index in [1.165, 1.54) is 66.4 Å². The SMILES string of the molecule is c1ccc(-c2nc(-c3ccccc3)nc(-c3cccc(-n4c5ccccc5c5ccc(-c6ccc7c(c6)C6(c8ccccc8-c8ccccc86)c6ccccc6-7)cc54)c3)n2)cc1. The molecule has 0 unspecified atom stereocenters. The predicted octanol–water partition coefficient (Wildman–Crippen LogP) is 14.0. The number of hydrogen-bond donors (Lipinski definition) is 0. The van der Waals surface area contributed by atoms with Crippen LogP contribution in [-0.2, 0) is 5.41 Å². The van der Waals surface area contributed by atoms with Crippen molar-refractivity contribution in [2.24, 2.45) is 0 Å². The highest BCUT2D eigenvalue weighted by Crippen LogP contribution is 2.63. The van der Waals surface area contributed by atoms with Crippen LogP contribution in [0.25, 0.3) is 95.0 Å². The molecule has 2 aliphatic rings. The van der Waals surface area contributed by atoms with E-state index in [4.69, 9.17) is 15.0 Å². The molecule has 0 N–H and O–H groups in total. The van der Waals surface area contributed by atoms with Crippen LogP contribution in [0.4, 0.5) is 0 Å². The Labute approximate surface area is 359 Å². The van der Waals surface area contributed by atoms with Crippen molar-refractivity contribution >= 4 is 21.8 Å². The van der Waals surface area contributed by atoms with E-state index in [-0.39, 0.29) is 0 Å². The van der Waals surface area contributed by atoms with Crippen LogP contribution in [0.3, 0.4) is 0 Å². The van der Waals surface area contributed by atoms with Gasteiger partial charge in [-0.3, -0.25) is 0 Å². The molecule has 0 bridgehead atoms. The molecule has 1 spiro atoms. The smallest absolute Gasteiger partial charge is 0.164 e. The van der Waals surface area contributed by atoms with Gasteiger partial charge >= 0.3 is 0 Å². The van der Waals surface area contributed by atoms with Crippen LogP contribution in [0.2, 0.25) is 0 Å². The molecule has 2 aromatic heterocycles. The second-order valence-electron chi connectivity index (χ2n) is 16.3. The Bertz CT molecular complexity index is 3460. The number of benzene rings is 9. The second kappa shape index (κ2) is 13.4. The first kappa shape index (κ1) is 34.6. The summed E-state index contributed by atoms with van der Waals surface area (Å²) < 4.78 is 2.39. The summed E-state index contributed by atoms with van der Waals surface area (Å²) in [5, 5.41) is 2.41. The van der Waals surface area contributed by atoms with Gasteiger partial charge in [0, 0.05) is 33.2 Å². The Hall–Kier alpha value is -8.21. The molecule has 0 atom stereocenters. The average Bonchev–Trinajstić information content (AvgIpc) is 3.96. The zero-order valence-electron chi connectivity index (χ0n) is 33.6. The summed E-state index contributed by atoms with van der Waals surface area (Å²) in [6.45, 7) is 0. The van der Waals surface area contributed by atoms with Gasteiger partial charge in [0.1, 0.15) is 0 Å². The fourth-order valence-corrected chi connectivity index (χ4v) is 10.4. The lowest BCUT2D eigenvalue weighted by Gasteiger charge is -2.30.